The second kappa shape index (κ2) is 7.44. The van der Waals surface area contributed by atoms with Gasteiger partial charge in [0.25, 0.3) is 0 Å². The highest BCUT2D eigenvalue weighted by molar-refractivity contribution is 9.10. The van der Waals surface area contributed by atoms with Crippen LogP contribution in [0.4, 0.5) is 0 Å². The fourth-order valence-electron chi connectivity index (χ4n) is 3.59. The summed E-state index contributed by atoms with van der Waals surface area (Å²) in [6.45, 7) is 5.62. The van der Waals surface area contributed by atoms with Gasteiger partial charge < -0.3 is 5.32 Å². The molecule has 1 aliphatic carbocycles. The minimum atomic E-state index is 0.531. The topological polar surface area (TPSA) is 12.0 Å². The largest absolute Gasteiger partial charge is 0.310 e. The summed E-state index contributed by atoms with van der Waals surface area (Å²) in [5.74, 6) is 1.70. The Hall–Kier alpha value is -0.340. The third-order valence-electron chi connectivity index (χ3n) is 4.57. The van der Waals surface area contributed by atoms with E-state index in [4.69, 9.17) is 0 Å². The summed E-state index contributed by atoms with van der Waals surface area (Å²) >= 11 is 3.53. The maximum Gasteiger partial charge on any atom is 0.0351 e. The van der Waals surface area contributed by atoms with Crippen molar-refractivity contribution < 1.29 is 0 Å². The first-order valence-corrected chi connectivity index (χ1v) is 8.54. The van der Waals surface area contributed by atoms with Crippen LogP contribution in [0.15, 0.2) is 28.7 Å². The minimum absolute atomic E-state index is 0.531. The predicted molar refractivity (Wildman–Crippen MR) is 86.3 cm³/mol. The number of rotatable bonds is 5. The second-order valence-electron chi connectivity index (χ2n) is 5.70. The molecule has 0 heterocycles. The van der Waals surface area contributed by atoms with E-state index in [1.165, 1.54) is 42.1 Å². The van der Waals surface area contributed by atoms with Crippen LogP contribution in [0.1, 0.15) is 57.6 Å². The summed E-state index contributed by atoms with van der Waals surface area (Å²) in [7, 11) is 0. The van der Waals surface area contributed by atoms with Crippen molar-refractivity contribution in [1.29, 1.82) is 0 Å². The third-order valence-corrected chi connectivity index (χ3v) is 5.10. The van der Waals surface area contributed by atoms with E-state index in [0.29, 0.717) is 6.04 Å². The fraction of sp³-hybridized carbons (Fsp3) is 0.647. The van der Waals surface area contributed by atoms with E-state index in [1.54, 1.807) is 0 Å². The SMILES string of the molecule is CCNC(c1ccc(Br)cc1)C1CCCCC1CC. The Kier molecular flexibility index (Phi) is 5.90. The van der Waals surface area contributed by atoms with Crippen molar-refractivity contribution >= 4 is 15.9 Å². The van der Waals surface area contributed by atoms with E-state index in [-0.39, 0.29) is 0 Å². The molecule has 1 aliphatic rings. The Labute approximate surface area is 126 Å². The molecular weight excluding hydrogens is 298 g/mol. The van der Waals surface area contributed by atoms with Crippen LogP contribution < -0.4 is 5.32 Å². The van der Waals surface area contributed by atoms with Gasteiger partial charge in [-0.25, -0.2) is 0 Å². The lowest BCUT2D eigenvalue weighted by molar-refractivity contribution is 0.177. The number of hydrogen-bond donors (Lipinski definition) is 1. The van der Waals surface area contributed by atoms with Crippen LogP contribution >= 0.6 is 15.9 Å². The zero-order chi connectivity index (χ0) is 13.7. The molecule has 2 heteroatoms. The summed E-state index contributed by atoms with van der Waals surface area (Å²) < 4.78 is 1.17. The van der Waals surface area contributed by atoms with Crippen LogP contribution in [0.25, 0.3) is 0 Å². The lowest BCUT2D eigenvalue weighted by Gasteiger charge is -2.37. The standard InChI is InChI=1S/C17H26BrN/c1-3-13-7-5-6-8-16(13)17(19-4-2)14-9-11-15(18)12-10-14/h9-13,16-17,19H,3-8H2,1-2H3. The van der Waals surface area contributed by atoms with Crippen LogP contribution in [0, 0.1) is 11.8 Å². The van der Waals surface area contributed by atoms with E-state index in [9.17, 15) is 0 Å². The van der Waals surface area contributed by atoms with Crippen LogP contribution in [0.2, 0.25) is 0 Å². The molecule has 0 aliphatic heterocycles. The highest BCUT2D eigenvalue weighted by Crippen LogP contribution is 2.40. The number of nitrogens with one attached hydrogen (secondary N) is 1. The molecule has 0 radical (unpaired) electrons. The molecule has 3 unspecified atom stereocenters. The Bertz CT molecular complexity index is 373. The number of halogens is 1. The van der Waals surface area contributed by atoms with Gasteiger partial charge in [0.15, 0.2) is 0 Å². The zero-order valence-electron chi connectivity index (χ0n) is 12.2. The molecule has 0 spiro atoms. The molecule has 1 saturated carbocycles. The summed E-state index contributed by atoms with van der Waals surface area (Å²) in [6.07, 6.45) is 6.95. The first-order chi connectivity index (χ1) is 9.26. The fourth-order valence-corrected chi connectivity index (χ4v) is 3.85. The van der Waals surface area contributed by atoms with Gasteiger partial charge in [0.05, 0.1) is 0 Å². The Morgan fingerprint density at radius 2 is 1.84 bits per heavy atom. The van der Waals surface area contributed by atoms with Gasteiger partial charge in [-0.05, 0) is 42.5 Å². The van der Waals surface area contributed by atoms with Crippen LogP contribution in [-0.2, 0) is 0 Å². The van der Waals surface area contributed by atoms with Crippen molar-refractivity contribution in [3.8, 4) is 0 Å². The highest BCUT2D eigenvalue weighted by atomic mass is 79.9. The van der Waals surface area contributed by atoms with Crippen LogP contribution in [0.3, 0.4) is 0 Å². The van der Waals surface area contributed by atoms with Gasteiger partial charge in [-0.3, -0.25) is 0 Å². The van der Waals surface area contributed by atoms with Gasteiger partial charge in [-0.15, -0.1) is 0 Å². The Morgan fingerprint density at radius 3 is 2.47 bits per heavy atom. The summed E-state index contributed by atoms with van der Waals surface area (Å²) in [6, 6.07) is 9.42. The quantitative estimate of drug-likeness (QED) is 0.773. The summed E-state index contributed by atoms with van der Waals surface area (Å²) in [5.41, 5.74) is 1.45. The Morgan fingerprint density at radius 1 is 1.16 bits per heavy atom. The van der Waals surface area contributed by atoms with E-state index < -0.39 is 0 Å². The third kappa shape index (κ3) is 3.82. The summed E-state index contributed by atoms with van der Waals surface area (Å²) in [5, 5.41) is 3.74. The smallest absolute Gasteiger partial charge is 0.0351 e. The van der Waals surface area contributed by atoms with E-state index in [0.717, 1.165) is 18.4 Å². The molecule has 19 heavy (non-hydrogen) atoms. The molecule has 0 aromatic heterocycles. The van der Waals surface area contributed by atoms with E-state index in [1.807, 2.05) is 0 Å². The molecule has 1 aromatic rings. The monoisotopic (exact) mass is 323 g/mol. The number of hydrogen-bond acceptors (Lipinski definition) is 1. The highest BCUT2D eigenvalue weighted by Gasteiger charge is 2.31. The molecule has 1 aromatic carbocycles. The lowest BCUT2D eigenvalue weighted by Crippen LogP contribution is -2.34. The van der Waals surface area contributed by atoms with E-state index in [2.05, 4.69) is 59.4 Å². The molecule has 0 bridgehead atoms. The molecular formula is C17H26BrN. The first kappa shape index (κ1) is 15.1. The first-order valence-electron chi connectivity index (χ1n) is 7.75. The van der Waals surface area contributed by atoms with Crippen molar-refractivity contribution in [2.75, 3.05) is 6.54 Å². The molecule has 3 atom stereocenters. The van der Waals surface area contributed by atoms with E-state index >= 15 is 0 Å². The molecule has 106 valence electrons. The zero-order valence-corrected chi connectivity index (χ0v) is 13.7. The van der Waals surface area contributed by atoms with Crippen molar-refractivity contribution in [3.05, 3.63) is 34.3 Å². The van der Waals surface area contributed by atoms with Crippen molar-refractivity contribution in [1.82, 2.24) is 5.32 Å². The van der Waals surface area contributed by atoms with Gasteiger partial charge in [-0.2, -0.15) is 0 Å². The lowest BCUT2D eigenvalue weighted by atomic mass is 9.72. The molecule has 0 amide bonds. The summed E-state index contributed by atoms with van der Waals surface area (Å²) in [4.78, 5) is 0. The van der Waals surface area contributed by atoms with Gasteiger partial charge in [-0.1, -0.05) is 67.6 Å². The molecule has 2 rings (SSSR count). The van der Waals surface area contributed by atoms with Gasteiger partial charge >= 0.3 is 0 Å². The second-order valence-corrected chi connectivity index (χ2v) is 6.62. The number of benzene rings is 1. The average Bonchev–Trinajstić information content (AvgIpc) is 2.46. The van der Waals surface area contributed by atoms with Gasteiger partial charge in [0.2, 0.25) is 0 Å². The van der Waals surface area contributed by atoms with Gasteiger partial charge in [0.1, 0.15) is 0 Å². The van der Waals surface area contributed by atoms with Crippen molar-refractivity contribution in [2.45, 2.75) is 52.0 Å². The molecule has 1 nitrogen and oxygen atoms in total. The Balaban J connectivity index is 2.20. The molecule has 1 N–H and O–H groups in total. The van der Waals surface area contributed by atoms with Gasteiger partial charge in [0, 0.05) is 10.5 Å². The van der Waals surface area contributed by atoms with Crippen molar-refractivity contribution in [2.24, 2.45) is 11.8 Å². The molecule has 0 saturated heterocycles. The maximum absolute atomic E-state index is 3.74. The minimum Gasteiger partial charge on any atom is -0.310 e. The van der Waals surface area contributed by atoms with Crippen LogP contribution in [0.5, 0.6) is 0 Å². The maximum atomic E-state index is 3.74. The van der Waals surface area contributed by atoms with Crippen molar-refractivity contribution in [3.63, 3.8) is 0 Å². The van der Waals surface area contributed by atoms with Crippen LogP contribution in [-0.4, -0.2) is 6.54 Å². The normalized spacial score (nSPS) is 25.2. The average molecular weight is 324 g/mol. The predicted octanol–water partition coefficient (Wildman–Crippen LogP) is 5.32. The molecule has 1 fully saturated rings.